The van der Waals surface area contributed by atoms with E-state index in [1.165, 1.54) is 10.6 Å². The van der Waals surface area contributed by atoms with E-state index >= 15 is 0 Å². The highest BCUT2D eigenvalue weighted by molar-refractivity contribution is 7.91. The lowest BCUT2D eigenvalue weighted by Crippen LogP contribution is -2.60. The van der Waals surface area contributed by atoms with E-state index in [4.69, 9.17) is 9.94 Å². The van der Waals surface area contributed by atoms with Gasteiger partial charge in [0.1, 0.15) is 9.84 Å². The smallest absolute Gasteiger partial charge is 0.266 e. The van der Waals surface area contributed by atoms with E-state index in [2.05, 4.69) is 0 Å². The Balaban J connectivity index is 1.66. The molecule has 1 aromatic rings. The maximum absolute atomic E-state index is 13.4. The van der Waals surface area contributed by atoms with Crippen LogP contribution in [0.2, 0.25) is 0 Å². The molecule has 2 N–H and O–H groups in total. The molecule has 0 atom stereocenters. The van der Waals surface area contributed by atoms with Crippen molar-refractivity contribution in [1.29, 1.82) is 0 Å². The second-order valence-electron chi connectivity index (χ2n) is 8.35. The Morgan fingerprint density at radius 2 is 1.71 bits per heavy atom. The zero-order valence-corrected chi connectivity index (χ0v) is 19.3. The number of nitrogens with one attached hydrogen (secondary N) is 1. The number of aryl methyl sites for hydroxylation is 1. The summed E-state index contributed by atoms with van der Waals surface area (Å²) in [5.41, 5.74) is 3.58. The molecule has 2 saturated heterocycles. The molecular weight excluding hydrogens is 444 g/mol. The number of nitrogens with zero attached hydrogens (tertiary/aromatic N) is 1. The highest BCUT2D eigenvalue weighted by Gasteiger charge is 2.54. The zero-order valence-electron chi connectivity index (χ0n) is 17.6. The number of hydrogen-bond donors (Lipinski definition) is 2. The van der Waals surface area contributed by atoms with Crippen LogP contribution in [-0.2, 0) is 35.8 Å². The predicted molar refractivity (Wildman–Crippen MR) is 115 cm³/mol. The third-order valence-corrected chi connectivity index (χ3v) is 9.89. The number of sulfone groups is 1. The Bertz CT molecular complexity index is 977. The second-order valence-corrected chi connectivity index (χ2v) is 12.9. The average Bonchev–Trinajstić information content (AvgIpc) is 2.77. The van der Waals surface area contributed by atoms with E-state index in [9.17, 15) is 21.6 Å². The maximum Gasteiger partial charge on any atom is 0.266 e. The molecule has 0 spiro atoms. The predicted octanol–water partition coefficient (Wildman–Crippen LogP) is 0.838. The van der Waals surface area contributed by atoms with Gasteiger partial charge in [-0.15, -0.1) is 0 Å². The van der Waals surface area contributed by atoms with Crippen LogP contribution in [0, 0.1) is 0 Å². The van der Waals surface area contributed by atoms with Crippen LogP contribution < -0.4 is 5.48 Å². The molecular formula is C20H30N2O7S2. The van der Waals surface area contributed by atoms with E-state index in [0.29, 0.717) is 32.4 Å². The first-order valence-electron chi connectivity index (χ1n) is 10.4. The Labute approximate surface area is 183 Å². The number of amides is 1. The lowest BCUT2D eigenvalue weighted by molar-refractivity contribution is -0.134. The number of carbonyl (C=O) groups excluding carboxylic acids is 1. The summed E-state index contributed by atoms with van der Waals surface area (Å²) in [4.78, 5) is 12.4. The number of piperidine rings is 1. The Morgan fingerprint density at radius 1 is 1.13 bits per heavy atom. The maximum atomic E-state index is 13.4. The first-order chi connectivity index (χ1) is 14.6. The van der Waals surface area contributed by atoms with Crippen LogP contribution in [0.1, 0.15) is 42.7 Å². The van der Waals surface area contributed by atoms with Crippen molar-refractivity contribution in [2.45, 2.75) is 42.8 Å². The Hall–Kier alpha value is -1.53. The van der Waals surface area contributed by atoms with Crippen molar-refractivity contribution in [1.82, 2.24) is 9.79 Å². The lowest BCUT2D eigenvalue weighted by Gasteiger charge is -2.40. The average molecular weight is 475 g/mol. The summed E-state index contributed by atoms with van der Waals surface area (Å²) in [5.74, 6) is -0.605. The first kappa shape index (κ1) is 24.1. The molecule has 0 bridgehead atoms. The van der Waals surface area contributed by atoms with E-state index in [-0.39, 0.29) is 37.7 Å². The molecule has 2 aliphatic rings. The minimum absolute atomic E-state index is 0.0105. The molecule has 0 aliphatic carbocycles. The molecule has 0 aromatic heterocycles. The summed E-state index contributed by atoms with van der Waals surface area (Å²) in [5, 5.41) is 9.15. The van der Waals surface area contributed by atoms with Gasteiger partial charge in [-0.2, -0.15) is 0 Å². The van der Waals surface area contributed by atoms with Crippen LogP contribution in [0.15, 0.2) is 24.3 Å². The molecule has 31 heavy (non-hydrogen) atoms. The minimum Gasteiger partial charge on any atom is -0.381 e. The third kappa shape index (κ3) is 5.28. The van der Waals surface area contributed by atoms with Crippen LogP contribution in [0.5, 0.6) is 0 Å². The van der Waals surface area contributed by atoms with Gasteiger partial charge in [0.15, 0.2) is 4.75 Å². The van der Waals surface area contributed by atoms with Crippen LogP contribution in [0.3, 0.4) is 0 Å². The second kappa shape index (κ2) is 9.53. The summed E-state index contributed by atoms with van der Waals surface area (Å²) in [6, 6.07) is 7.80. The van der Waals surface area contributed by atoms with Crippen LogP contribution in [0.25, 0.3) is 0 Å². The molecule has 2 aliphatic heterocycles. The molecule has 3 rings (SSSR count). The molecule has 0 saturated carbocycles. The van der Waals surface area contributed by atoms with Crippen molar-refractivity contribution in [3.63, 3.8) is 0 Å². The van der Waals surface area contributed by atoms with Gasteiger partial charge in [-0.05, 0) is 36.3 Å². The lowest BCUT2D eigenvalue weighted by atomic mass is 9.89. The fraction of sp³-hybridized carbons (Fsp3) is 0.650. The van der Waals surface area contributed by atoms with Gasteiger partial charge in [0.05, 0.1) is 5.75 Å². The van der Waals surface area contributed by atoms with Gasteiger partial charge in [0.25, 0.3) is 5.91 Å². The topological polar surface area (TPSA) is 130 Å². The number of carbonyl (C=O) groups is 1. The monoisotopic (exact) mass is 474 g/mol. The fourth-order valence-electron chi connectivity index (χ4n) is 4.34. The standard InChI is InChI=1S/C20H30N2O7S2/c1-30(25,26)15-8-16-2-4-17(5-3-16)18-6-11-22(12-7-18)31(27,28)20(19(23)21-24)9-13-29-14-10-20/h2-5,18,24H,6-15H2,1H3,(H,21,23). The molecule has 0 radical (unpaired) electrons. The van der Waals surface area contributed by atoms with Crippen molar-refractivity contribution in [2.24, 2.45) is 0 Å². The number of ether oxygens (including phenoxy) is 1. The van der Waals surface area contributed by atoms with Crippen molar-refractivity contribution < 1.29 is 31.6 Å². The highest BCUT2D eigenvalue weighted by atomic mass is 32.2. The molecule has 174 valence electrons. The third-order valence-electron chi connectivity index (χ3n) is 6.32. The summed E-state index contributed by atoms with van der Waals surface area (Å²) in [6.45, 7) is 0.887. The summed E-state index contributed by atoms with van der Waals surface area (Å²) in [7, 11) is -6.98. The summed E-state index contributed by atoms with van der Waals surface area (Å²) >= 11 is 0. The van der Waals surface area contributed by atoms with E-state index in [1.54, 1.807) is 5.48 Å². The fourth-order valence-corrected chi connectivity index (χ4v) is 7.10. The van der Waals surface area contributed by atoms with Gasteiger partial charge >= 0.3 is 0 Å². The Kier molecular flexibility index (Phi) is 7.42. The van der Waals surface area contributed by atoms with E-state index in [1.807, 2.05) is 24.3 Å². The van der Waals surface area contributed by atoms with Crippen LogP contribution in [0.4, 0.5) is 0 Å². The van der Waals surface area contributed by atoms with Crippen molar-refractivity contribution in [3.05, 3.63) is 35.4 Å². The van der Waals surface area contributed by atoms with Crippen LogP contribution >= 0.6 is 0 Å². The molecule has 2 heterocycles. The summed E-state index contributed by atoms with van der Waals surface area (Å²) in [6.07, 6.45) is 2.95. The quantitative estimate of drug-likeness (QED) is 0.442. The van der Waals surface area contributed by atoms with Gasteiger partial charge in [0.2, 0.25) is 10.0 Å². The van der Waals surface area contributed by atoms with Gasteiger partial charge in [-0.1, -0.05) is 24.3 Å². The molecule has 0 unspecified atom stereocenters. The van der Waals surface area contributed by atoms with Gasteiger partial charge < -0.3 is 4.74 Å². The number of hydrogen-bond acceptors (Lipinski definition) is 7. The number of benzene rings is 1. The van der Waals surface area contributed by atoms with Gasteiger partial charge in [-0.25, -0.2) is 26.6 Å². The first-order valence-corrected chi connectivity index (χ1v) is 13.9. The van der Waals surface area contributed by atoms with Crippen molar-refractivity contribution in [3.8, 4) is 0 Å². The Morgan fingerprint density at radius 3 is 2.23 bits per heavy atom. The van der Waals surface area contributed by atoms with E-state index < -0.39 is 30.5 Å². The van der Waals surface area contributed by atoms with Crippen LogP contribution in [-0.4, -0.2) is 75.3 Å². The molecule has 1 amide bonds. The molecule has 11 heteroatoms. The molecule has 9 nitrogen and oxygen atoms in total. The van der Waals surface area contributed by atoms with Gasteiger partial charge in [-0.3, -0.25) is 10.0 Å². The molecule has 1 aromatic carbocycles. The normalized spacial score (nSPS) is 21.0. The number of hydroxylamine groups is 1. The SMILES string of the molecule is CS(=O)(=O)CCc1ccc(C2CCN(S(=O)(=O)C3(C(=O)NO)CCOCC3)CC2)cc1. The number of rotatable bonds is 7. The van der Waals surface area contributed by atoms with Crippen molar-refractivity contribution >= 4 is 25.8 Å². The number of sulfonamides is 1. The molecule has 2 fully saturated rings. The minimum atomic E-state index is -3.97. The van der Waals surface area contributed by atoms with E-state index in [0.717, 1.165) is 11.1 Å². The van der Waals surface area contributed by atoms with Crippen molar-refractivity contribution in [2.75, 3.05) is 38.3 Å². The highest BCUT2D eigenvalue weighted by Crippen LogP contribution is 2.36. The largest absolute Gasteiger partial charge is 0.381 e. The van der Waals surface area contributed by atoms with Gasteiger partial charge in [0, 0.05) is 45.4 Å². The summed E-state index contributed by atoms with van der Waals surface area (Å²) < 4.78 is 54.3. The zero-order chi connectivity index (χ0) is 22.7.